The van der Waals surface area contributed by atoms with E-state index in [-0.39, 0.29) is 96.8 Å². The maximum Gasteiger partial charge on any atom is 0.305 e. The fourth-order valence-corrected chi connectivity index (χ4v) is 2.51. The first-order valence-electron chi connectivity index (χ1n) is 12.0. The van der Waals surface area contributed by atoms with Crippen molar-refractivity contribution >= 4 is 17.9 Å². The van der Waals surface area contributed by atoms with Gasteiger partial charge in [-0.15, -0.1) is 0 Å². The first-order chi connectivity index (χ1) is 16.5. The normalized spacial score (nSPS) is 11.3. The second-order valence-electron chi connectivity index (χ2n) is 9.39. The van der Waals surface area contributed by atoms with Crippen molar-refractivity contribution in [3.8, 4) is 0 Å². The van der Waals surface area contributed by atoms with Gasteiger partial charge >= 0.3 is 17.9 Å². The highest BCUT2D eigenvalue weighted by atomic mass is 16.6. The molecule has 0 saturated heterocycles. The third-order valence-corrected chi connectivity index (χ3v) is 4.94. The van der Waals surface area contributed by atoms with E-state index < -0.39 is 23.3 Å². The van der Waals surface area contributed by atoms with Crippen LogP contribution in [0.5, 0.6) is 0 Å². The first kappa shape index (κ1) is 35.4. The Kier molecular flexibility index (Phi) is 21.7. The summed E-state index contributed by atoms with van der Waals surface area (Å²) >= 11 is 0. The Morgan fingerprint density at radius 2 is 0.829 bits per heavy atom. The van der Waals surface area contributed by atoms with Crippen LogP contribution in [0, 0.1) is 10.8 Å². The zero-order chi connectivity index (χ0) is 27.2. The van der Waals surface area contributed by atoms with Crippen LogP contribution in [0.15, 0.2) is 0 Å². The van der Waals surface area contributed by atoms with Crippen molar-refractivity contribution in [3.63, 3.8) is 0 Å². The molecule has 0 aliphatic heterocycles. The van der Waals surface area contributed by atoms with E-state index in [1.807, 2.05) is 13.8 Å². The number of aliphatic hydroxyl groups is 5. The SMILES string of the molecule is CC(C)(CCO)CCO.CC(COC(=O)CCCO)(COC(=O)CCCO)COC(=O)CCCO. The van der Waals surface area contributed by atoms with Crippen molar-refractivity contribution in [3.05, 3.63) is 0 Å². The number of carbonyl (C=O) groups is 3. The van der Waals surface area contributed by atoms with Crippen LogP contribution in [0.1, 0.15) is 72.1 Å². The number of aliphatic hydroxyl groups excluding tert-OH is 5. The fraction of sp³-hybridized carbons (Fsp3) is 0.875. The van der Waals surface area contributed by atoms with Crippen molar-refractivity contribution < 1.29 is 54.1 Å². The molecule has 35 heavy (non-hydrogen) atoms. The van der Waals surface area contributed by atoms with Gasteiger partial charge in [-0.2, -0.15) is 0 Å². The molecule has 0 radical (unpaired) electrons. The molecular weight excluding hydrogens is 464 g/mol. The second-order valence-corrected chi connectivity index (χ2v) is 9.39. The van der Waals surface area contributed by atoms with Gasteiger partial charge in [0.15, 0.2) is 0 Å². The summed E-state index contributed by atoms with van der Waals surface area (Å²) in [6, 6.07) is 0. The summed E-state index contributed by atoms with van der Waals surface area (Å²) in [4.78, 5) is 34.8. The van der Waals surface area contributed by atoms with Gasteiger partial charge in [0, 0.05) is 52.3 Å². The van der Waals surface area contributed by atoms with E-state index in [0.717, 1.165) is 12.8 Å². The average Bonchev–Trinajstić information content (AvgIpc) is 2.81. The fourth-order valence-electron chi connectivity index (χ4n) is 2.51. The molecule has 208 valence electrons. The lowest BCUT2D eigenvalue weighted by atomic mass is 9.86. The molecule has 0 aromatic carbocycles. The first-order valence-corrected chi connectivity index (χ1v) is 12.0. The molecule has 0 rings (SSSR count). The van der Waals surface area contributed by atoms with Crippen molar-refractivity contribution in [1.82, 2.24) is 0 Å². The Balaban J connectivity index is 0. The van der Waals surface area contributed by atoms with Gasteiger partial charge in [0.25, 0.3) is 0 Å². The van der Waals surface area contributed by atoms with Crippen LogP contribution < -0.4 is 0 Å². The number of rotatable bonds is 19. The minimum Gasteiger partial charge on any atom is -0.465 e. The van der Waals surface area contributed by atoms with E-state index in [2.05, 4.69) is 0 Å². The molecular formula is C24H46O11. The van der Waals surface area contributed by atoms with E-state index in [1.54, 1.807) is 6.92 Å². The Bertz CT molecular complexity index is 496. The molecule has 11 nitrogen and oxygen atoms in total. The van der Waals surface area contributed by atoms with E-state index in [0.29, 0.717) is 0 Å². The van der Waals surface area contributed by atoms with Gasteiger partial charge in [-0.3, -0.25) is 14.4 Å². The average molecular weight is 511 g/mol. The lowest BCUT2D eigenvalue weighted by molar-refractivity contribution is -0.161. The third-order valence-electron chi connectivity index (χ3n) is 4.94. The van der Waals surface area contributed by atoms with Crippen LogP contribution >= 0.6 is 0 Å². The molecule has 0 unspecified atom stereocenters. The van der Waals surface area contributed by atoms with Crippen molar-refractivity contribution in [2.24, 2.45) is 10.8 Å². The number of ether oxygens (including phenoxy) is 3. The Morgan fingerprint density at radius 3 is 1.06 bits per heavy atom. The van der Waals surface area contributed by atoms with Gasteiger partial charge in [0.1, 0.15) is 19.8 Å². The summed E-state index contributed by atoms with van der Waals surface area (Å²) in [5, 5.41) is 43.2. The molecule has 0 fully saturated rings. The summed E-state index contributed by atoms with van der Waals surface area (Å²) < 4.78 is 15.4. The quantitative estimate of drug-likeness (QED) is 0.122. The van der Waals surface area contributed by atoms with Gasteiger partial charge in [0.05, 0.1) is 5.41 Å². The minimum absolute atomic E-state index is 0.0547. The lowest BCUT2D eigenvalue weighted by Gasteiger charge is -2.28. The molecule has 0 aromatic heterocycles. The largest absolute Gasteiger partial charge is 0.465 e. The smallest absolute Gasteiger partial charge is 0.305 e. The molecule has 0 saturated carbocycles. The number of hydrogen-bond acceptors (Lipinski definition) is 11. The number of hydrogen-bond donors (Lipinski definition) is 5. The highest BCUT2D eigenvalue weighted by molar-refractivity contribution is 5.70. The predicted molar refractivity (Wildman–Crippen MR) is 127 cm³/mol. The maximum atomic E-state index is 11.6. The van der Waals surface area contributed by atoms with Crippen LogP contribution in [0.4, 0.5) is 0 Å². The second kappa shape index (κ2) is 21.5. The maximum absolute atomic E-state index is 11.6. The molecule has 0 atom stereocenters. The molecule has 0 aliphatic rings. The van der Waals surface area contributed by atoms with E-state index in [9.17, 15) is 14.4 Å². The van der Waals surface area contributed by atoms with Gasteiger partial charge < -0.3 is 39.7 Å². The molecule has 0 aromatic rings. The standard InChI is InChI=1S/C17H30O9.C7H16O2/c1-17(11-24-14(21)5-2-8-18,12-25-15(22)6-3-9-19)13-26-16(23)7-4-10-20;1-7(2,3-5-8)4-6-9/h18-20H,2-13H2,1H3;8-9H,3-6H2,1-2H3. The Morgan fingerprint density at radius 1 is 0.543 bits per heavy atom. The van der Waals surface area contributed by atoms with Crippen molar-refractivity contribution in [2.45, 2.75) is 72.1 Å². The molecule has 0 aliphatic carbocycles. The van der Waals surface area contributed by atoms with Gasteiger partial charge in [-0.05, 0) is 44.4 Å². The van der Waals surface area contributed by atoms with Gasteiger partial charge in [-0.25, -0.2) is 0 Å². The Labute approximate surface area is 208 Å². The summed E-state index contributed by atoms with van der Waals surface area (Å²) in [6.45, 7) is 5.39. The lowest BCUT2D eigenvalue weighted by Crippen LogP contribution is -2.37. The molecule has 0 bridgehead atoms. The van der Waals surface area contributed by atoms with Gasteiger partial charge in [0.2, 0.25) is 0 Å². The molecule has 0 spiro atoms. The zero-order valence-corrected chi connectivity index (χ0v) is 21.5. The molecule has 0 amide bonds. The van der Waals surface area contributed by atoms with Gasteiger partial charge in [-0.1, -0.05) is 13.8 Å². The summed E-state index contributed by atoms with van der Waals surface area (Å²) in [5.74, 6) is -1.53. The predicted octanol–water partition coefficient (Wildman–Crippen LogP) is 0.717. The van der Waals surface area contributed by atoms with E-state index in [4.69, 9.17) is 39.7 Å². The Hall–Kier alpha value is -1.79. The molecule has 0 heterocycles. The molecule has 11 heteroatoms. The summed E-state index contributed by atoms with van der Waals surface area (Å²) in [7, 11) is 0. The van der Waals surface area contributed by atoms with Crippen molar-refractivity contribution in [2.75, 3.05) is 52.9 Å². The van der Waals surface area contributed by atoms with E-state index >= 15 is 0 Å². The summed E-state index contributed by atoms with van der Waals surface area (Å²) in [6.07, 6.45) is 2.55. The van der Waals surface area contributed by atoms with Crippen LogP contribution in [0.2, 0.25) is 0 Å². The minimum atomic E-state index is -0.932. The topological polar surface area (TPSA) is 180 Å². The van der Waals surface area contributed by atoms with Crippen LogP contribution in [-0.2, 0) is 28.6 Å². The highest BCUT2D eigenvalue weighted by Gasteiger charge is 2.30. The highest BCUT2D eigenvalue weighted by Crippen LogP contribution is 2.23. The van der Waals surface area contributed by atoms with Crippen LogP contribution in [0.3, 0.4) is 0 Å². The van der Waals surface area contributed by atoms with Crippen molar-refractivity contribution in [1.29, 1.82) is 0 Å². The summed E-state index contributed by atoms with van der Waals surface area (Å²) in [5.41, 5.74) is -0.831. The monoisotopic (exact) mass is 510 g/mol. The molecule has 5 N–H and O–H groups in total. The zero-order valence-electron chi connectivity index (χ0n) is 21.5. The number of carbonyl (C=O) groups excluding carboxylic acids is 3. The third kappa shape index (κ3) is 22.4. The van der Waals surface area contributed by atoms with E-state index in [1.165, 1.54) is 0 Å². The van der Waals surface area contributed by atoms with Crippen LogP contribution in [0.25, 0.3) is 0 Å². The van der Waals surface area contributed by atoms with Crippen LogP contribution in [-0.4, -0.2) is 96.3 Å². The number of esters is 3.